The lowest BCUT2D eigenvalue weighted by Crippen LogP contribution is -2.28. The van der Waals surface area contributed by atoms with Gasteiger partial charge in [0.1, 0.15) is 11.1 Å². The Bertz CT molecular complexity index is 949. The molecule has 0 radical (unpaired) electrons. The summed E-state index contributed by atoms with van der Waals surface area (Å²) in [5.41, 5.74) is 0.935. The first kappa shape index (κ1) is 19.5. The highest BCUT2D eigenvalue weighted by Crippen LogP contribution is 2.24. The van der Waals surface area contributed by atoms with E-state index in [-0.39, 0.29) is 36.1 Å². The number of nitrogens with zero attached hydrogens (tertiary/aromatic N) is 2. The van der Waals surface area contributed by atoms with Crippen LogP contribution >= 0.6 is 11.8 Å². The normalized spacial score (nSPS) is 17.4. The van der Waals surface area contributed by atoms with E-state index in [0.717, 1.165) is 17.3 Å². The number of amidine groups is 1. The monoisotopic (exact) mass is 402 g/mol. The number of aliphatic imine (C=N–C) groups is 1. The van der Waals surface area contributed by atoms with Crippen molar-refractivity contribution in [1.29, 1.82) is 0 Å². The van der Waals surface area contributed by atoms with Gasteiger partial charge in [0.15, 0.2) is 5.17 Å². The van der Waals surface area contributed by atoms with Crippen LogP contribution in [0.3, 0.4) is 0 Å². The SMILES string of the molecule is O=C(C[C@@H]1SC(=NCc2ccc(F)cc2)NC1=O)Nc1cccc([N+](=O)[O-])c1. The van der Waals surface area contributed by atoms with Crippen LogP contribution in [0.1, 0.15) is 12.0 Å². The highest BCUT2D eigenvalue weighted by Gasteiger charge is 2.32. The third-order valence-electron chi connectivity index (χ3n) is 3.81. The lowest BCUT2D eigenvalue weighted by molar-refractivity contribution is -0.384. The predicted molar refractivity (Wildman–Crippen MR) is 103 cm³/mol. The van der Waals surface area contributed by atoms with Crippen LogP contribution in [-0.2, 0) is 16.1 Å². The Morgan fingerprint density at radius 1 is 1.29 bits per heavy atom. The minimum Gasteiger partial charge on any atom is -0.326 e. The van der Waals surface area contributed by atoms with E-state index >= 15 is 0 Å². The number of anilines is 1. The summed E-state index contributed by atoms with van der Waals surface area (Å²) in [6, 6.07) is 11.4. The van der Waals surface area contributed by atoms with Gasteiger partial charge in [-0.1, -0.05) is 30.0 Å². The third kappa shape index (κ3) is 5.13. The number of amides is 2. The van der Waals surface area contributed by atoms with Gasteiger partial charge in [0, 0.05) is 24.2 Å². The largest absolute Gasteiger partial charge is 0.326 e. The predicted octanol–water partition coefficient (Wildman–Crippen LogP) is 2.85. The van der Waals surface area contributed by atoms with Crippen LogP contribution in [0.15, 0.2) is 53.5 Å². The summed E-state index contributed by atoms with van der Waals surface area (Å²) in [5, 5.41) is 15.7. The van der Waals surface area contributed by atoms with Crippen LogP contribution in [0, 0.1) is 15.9 Å². The van der Waals surface area contributed by atoms with Crippen molar-refractivity contribution in [2.75, 3.05) is 5.32 Å². The number of carbonyl (C=O) groups excluding carboxylic acids is 2. The van der Waals surface area contributed by atoms with Crippen molar-refractivity contribution in [3.8, 4) is 0 Å². The lowest BCUT2D eigenvalue weighted by Gasteiger charge is -2.07. The van der Waals surface area contributed by atoms with Crippen LogP contribution < -0.4 is 10.6 Å². The summed E-state index contributed by atoms with van der Waals surface area (Å²) < 4.78 is 12.9. The van der Waals surface area contributed by atoms with E-state index in [1.807, 2.05) is 0 Å². The Balaban J connectivity index is 1.55. The van der Waals surface area contributed by atoms with Crippen molar-refractivity contribution in [2.24, 2.45) is 4.99 Å². The molecule has 2 aromatic carbocycles. The molecule has 1 aliphatic rings. The first-order chi connectivity index (χ1) is 13.4. The smallest absolute Gasteiger partial charge is 0.271 e. The first-order valence-electron chi connectivity index (χ1n) is 8.21. The molecule has 10 heteroatoms. The number of halogens is 1. The maximum Gasteiger partial charge on any atom is 0.271 e. The van der Waals surface area contributed by atoms with Crippen molar-refractivity contribution >= 4 is 40.1 Å². The Morgan fingerprint density at radius 3 is 2.75 bits per heavy atom. The Morgan fingerprint density at radius 2 is 2.04 bits per heavy atom. The van der Waals surface area contributed by atoms with E-state index in [0.29, 0.717) is 5.17 Å². The summed E-state index contributed by atoms with van der Waals surface area (Å²) in [6.45, 7) is 0.273. The number of non-ortho nitro benzene ring substituents is 1. The molecule has 1 aliphatic heterocycles. The number of benzene rings is 2. The molecule has 0 aliphatic carbocycles. The molecule has 0 bridgehead atoms. The molecule has 2 aromatic rings. The van der Waals surface area contributed by atoms with Crippen molar-refractivity contribution < 1.29 is 18.9 Å². The molecule has 0 spiro atoms. The van der Waals surface area contributed by atoms with Gasteiger partial charge in [-0.25, -0.2) is 4.39 Å². The van der Waals surface area contributed by atoms with E-state index in [4.69, 9.17) is 0 Å². The summed E-state index contributed by atoms with van der Waals surface area (Å²) in [4.78, 5) is 38.7. The number of hydrogen-bond donors (Lipinski definition) is 2. The average Bonchev–Trinajstić information content (AvgIpc) is 3.00. The maximum atomic E-state index is 12.9. The number of thioether (sulfide) groups is 1. The minimum absolute atomic E-state index is 0.102. The topological polar surface area (TPSA) is 114 Å². The molecular weight excluding hydrogens is 387 g/mol. The first-order valence-corrected chi connectivity index (χ1v) is 9.09. The molecule has 1 saturated heterocycles. The van der Waals surface area contributed by atoms with Gasteiger partial charge < -0.3 is 10.6 Å². The number of nitro groups is 1. The molecule has 3 rings (SSSR count). The van der Waals surface area contributed by atoms with Crippen LogP contribution in [0.25, 0.3) is 0 Å². The fourth-order valence-electron chi connectivity index (χ4n) is 2.45. The van der Waals surface area contributed by atoms with Gasteiger partial charge in [-0.3, -0.25) is 24.7 Å². The maximum absolute atomic E-state index is 12.9. The number of rotatable bonds is 6. The zero-order valence-electron chi connectivity index (χ0n) is 14.4. The molecule has 1 heterocycles. The van der Waals surface area contributed by atoms with E-state index in [2.05, 4.69) is 15.6 Å². The standard InChI is InChI=1S/C18H15FN4O4S/c19-12-6-4-11(5-7-12)10-20-18-22-17(25)15(28-18)9-16(24)21-13-2-1-3-14(8-13)23(26)27/h1-8,15H,9-10H2,(H,21,24)(H,20,22,25)/t15-/m0/s1. The van der Waals surface area contributed by atoms with E-state index in [1.54, 1.807) is 12.1 Å². The van der Waals surface area contributed by atoms with Crippen LogP contribution in [0.5, 0.6) is 0 Å². The lowest BCUT2D eigenvalue weighted by atomic mass is 10.2. The second-order valence-corrected chi connectivity index (χ2v) is 7.09. The molecule has 0 saturated carbocycles. The molecule has 1 atom stereocenters. The number of nitro benzene ring substituents is 1. The average molecular weight is 402 g/mol. The van der Waals surface area contributed by atoms with Crippen LogP contribution in [0.2, 0.25) is 0 Å². The zero-order valence-corrected chi connectivity index (χ0v) is 15.2. The summed E-state index contributed by atoms with van der Waals surface area (Å²) >= 11 is 1.13. The van der Waals surface area contributed by atoms with E-state index in [9.17, 15) is 24.1 Å². The molecule has 8 nitrogen and oxygen atoms in total. The van der Waals surface area contributed by atoms with E-state index < -0.39 is 16.1 Å². The highest BCUT2D eigenvalue weighted by molar-refractivity contribution is 8.15. The quantitative estimate of drug-likeness (QED) is 0.570. The van der Waals surface area contributed by atoms with Crippen molar-refractivity contribution in [2.45, 2.75) is 18.2 Å². The highest BCUT2D eigenvalue weighted by atomic mass is 32.2. The second-order valence-electron chi connectivity index (χ2n) is 5.90. The minimum atomic E-state index is -0.648. The zero-order chi connectivity index (χ0) is 20.1. The van der Waals surface area contributed by atoms with Crippen LogP contribution in [-0.4, -0.2) is 27.2 Å². The van der Waals surface area contributed by atoms with Gasteiger partial charge in [-0.15, -0.1) is 0 Å². The molecule has 2 amide bonds. The fourth-order valence-corrected chi connectivity index (χ4v) is 3.41. The Labute approximate surface area is 163 Å². The Kier molecular flexibility index (Phi) is 5.99. The van der Waals surface area contributed by atoms with Crippen molar-refractivity contribution in [3.05, 3.63) is 70.0 Å². The van der Waals surface area contributed by atoms with Gasteiger partial charge in [0.05, 0.1) is 11.5 Å². The molecule has 1 fully saturated rings. The van der Waals surface area contributed by atoms with Crippen LogP contribution in [0.4, 0.5) is 15.8 Å². The molecule has 0 aromatic heterocycles. The summed E-state index contributed by atoms with van der Waals surface area (Å²) in [5.74, 6) is -1.11. The summed E-state index contributed by atoms with van der Waals surface area (Å²) in [6.07, 6.45) is -0.102. The number of hydrogen-bond acceptors (Lipinski definition) is 6. The molecular formula is C18H15FN4O4S. The molecule has 28 heavy (non-hydrogen) atoms. The second kappa shape index (κ2) is 8.61. The molecule has 144 valence electrons. The van der Waals surface area contributed by atoms with Gasteiger partial charge in [-0.2, -0.15) is 0 Å². The third-order valence-corrected chi connectivity index (χ3v) is 4.93. The van der Waals surface area contributed by atoms with Gasteiger partial charge in [-0.05, 0) is 23.8 Å². The summed E-state index contributed by atoms with van der Waals surface area (Å²) in [7, 11) is 0. The molecule has 2 N–H and O–H groups in total. The van der Waals surface area contributed by atoms with Crippen molar-refractivity contribution in [1.82, 2.24) is 5.32 Å². The van der Waals surface area contributed by atoms with Gasteiger partial charge in [0.2, 0.25) is 11.8 Å². The Hall–Kier alpha value is -3.27. The van der Waals surface area contributed by atoms with Gasteiger partial charge >= 0.3 is 0 Å². The molecule has 0 unspecified atom stereocenters. The van der Waals surface area contributed by atoms with Crippen molar-refractivity contribution in [3.63, 3.8) is 0 Å². The number of carbonyl (C=O) groups is 2. The van der Waals surface area contributed by atoms with Gasteiger partial charge in [0.25, 0.3) is 5.69 Å². The fraction of sp³-hybridized carbons (Fsp3) is 0.167. The number of nitrogens with one attached hydrogen (secondary N) is 2. The van der Waals surface area contributed by atoms with E-state index in [1.165, 1.54) is 36.4 Å².